The summed E-state index contributed by atoms with van der Waals surface area (Å²) in [4.78, 5) is 21.6. The van der Waals surface area contributed by atoms with E-state index in [1.54, 1.807) is 0 Å². The summed E-state index contributed by atoms with van der Waals surface area (Å²) in [5, 5.41) is 0. The standard InChI is InChI=1S/C55H40BrN5O/c56-38-21-23-39(24-22-38)61-54(40-31-32-62-55(40)61)41-33-48-51(36-17-9-3-10-18-36)46-28-27-44(58-46)49(34-13-5-1-6-14-34)42-25-26-43(57-42)50(35-15-7-2-8-16-35)45-29-30-47(59-45)52(53(41)60-48)37-19-11-4-12-20-37/h1-30,33,40,54-55,57,60H,31-32H2/t40-,54-,55-/m0/s1. The van der Waals surface area contributed by atoms with E-state index in [9.17, 15) is 0 Å². The smallest absolute Gasteiger partial charge is 0.135 e. The van der Waals surface area contributed by atoms with Gasteiger partial charge >= 0.3 is 0 Å². The first-order valence-corrected chi connectivity index (χ1v) is 22.0. The summed E-state index contributed by atoms with van der Waals surface area (Å²) in [6.45, 7) is 0.731. The van der Waals surface area contributed by atoms with Crippen molar-refractivity contribution in [3.05, 3.63) is 197 Å². The monoisotopic (exact) mass is 865 g/mol. The fourth-order valence-electron chi connectivity index (χ4n) is 9.93. The number of ether oxygens (including phenoxy) is 1. The van der Waals surface area contributed by atoms with Crippen LogP contribution in [0, 0.1) is 5.92 Å². The van der Waals surface area contributed by atoms with E-state index in [4.69, 9.17) is 14.7 Å². The lowest BCUT2D eigenvalue weighted by Crippen LogP contribution is -2.56. The van der Waals surface area contributed by atoms with Crippen molar-refractivity contribution in [1.29, 1.82) is 0 Å². The van der Waals surface area contributed by atoms with E-state index in [0.29, 0.717) is 5.92 Å². The second-order valence-corrected chi connectivity index (χ2v) is 17.2. The molecule has 8 bridgehead atoms. The molecule has 2 fully saturated rings. The van der Waals surface area contributed by atoms with Crippen molar-refractivity contribution in [1.82, 2.24) is 19.9 Å². The third-order valence-electron chi connectivity index (χ3n) is 12.7. The van der Waals surface area contributed by atoms with Crippen LogP contribution < -0.4 is 4.90 Å². The van der Waals surface area contributed by atoms with Crippen LogP contribution in [-0.4, -0.2) is 32.8 Å². The molecule has 0 unspecified atom stereocenters. The molecule has 4 aliphatic rings. The molecule has 0 amide bonds. The third kappa shape index (κ3) is 6.19. The Morgan fingerprint density at radius 1 is 0.500 bits per heavy atom. The minimum atomic E-state index is -0.00448. The molecule has 0 spiro atoms. The van der Waals surface area contributed by atoms with Gasteiger partial charge in [-0.15, -0.1) is 0 Å². The predicted octanol–water partition coefficient (Wildman–Crippen LogP) is 14.0. The molecule has 7 heterocycles. The van der Waals surface area contributed by atoms with Crippen LogP contribution in [0.2, 0.25) is 0 Å². The zero-order chi connectivity index (χ0) is 41.1. The Balaban J connectivity index is 1.26. The van der Waals surface area contributed by atoms with Crippen LogP contribution in [-0.2, 0) is 4.74 Å². The summed E-state index contributed by atoms with van der Waals surface area (Å²) in [7, 11) is 0. The molecular formula is C55H40BrN5O. The van der Waals surface area contributed by atoms with Crippen molar-refractivity contribution in [3.63, 3.8) is 0 Å². The molecule has 4 aliphatic heterocycles. The highest BCUT2D eigenvalue weighted by Crippen LogP contribution is 2.54. The number of fused-ring (bicyclic) bond motifs is 9. The largest absolute Gasteiger partial charge is 0.358 e. The molecule has 0 radical (unpaired) electrons. The Morgan fingerprint density at radius 3 is 1.45 bits per heavy atom. The van der Waals surface area contributed by atoms with Crippen molar-refractivity contribution in [2.45, 2.75) is 18.7 Å². The molecule has 5 aromatic carbocycles. The van der Waals surface area contributed by atoms with Gasteiger partial charge in [0.1, 0.15) is 6.23 Å². The van der Waals surface area contributed by atoms with Gasteiger partial charge in [0.25, 0.3) is 0 Å². The van der Waals surface area contributed by atoms with Gasteiger partial charge in [-0.1, -0.05) is 137 Å². The fourth-order valence-corrected chi connectivity index (χ4v) is 10.2. The van der Waals surface area contributed by atoms with Crippen LogP contribution in [0.15, 0.2) is 168 Å². The zero-order valence-electron chi connectivity index (χ0n) is 33.7. The van der Waals surface area contributed by atoms with Gasteiger partial charge < -0.3 is 19.6 Å². The fraction of sp³-hybridized carbons (Fsp3) is 0.0909. The highest BCUT2D eigenvalue weighted by Gasteiger charge is 2.53. The molecule has 12 rings (SSSR count). The molecule has 2 N–H and O–H groups in total. The Bertz CT molecular complexity index is 3230. The lowest BCUT2D eigenvalue weighted by Gasteiger charge is -2.52. The Morgan fingerprint density at radius 2 is 0.952 bits per heavy atom. The van der Waals surface area contributed by atoms with Gasteiger partial charge in [0.05, 0.1) is 34.3 Å². The lowest BCUT2D eigenvalue weighted by atomic mass is 9.79. The van der Waals surface area contributed by atoms with Gasteiger partial charge in [-0.25, -0.2) is 9.97 Å². The molecule has 0 aliphatic carbocycles. The highest BCUT2D eigenvalue weighted by molar-refractivity contribution is 9.10. The maximum atomic E-state index is 6.49. The SMILES string of the molecule is Brc1ccc(N2[C@H](c3cc4[nH]c3c(-c3ccccc3)c3nc(c(-c5ccccc5)c5ccc([nH]5)c(-c5ccccc5)c5nc(c4-c4ccccc4)C=C5)C=C3)[C@@H]3CCO[C@@H]32)cc1. The summed E-state index contributed by atoms with van der Waals surface area (Å²) in [5.41, 5.74) is 18.4. The van der Waals surface area contributed by atoms with E-state index in [-0.39, 0.29) is 12.3 Å². The normalized spacial score (nSPS) is 17.6. The van der Waals surface area contributed by atoms with Crippen LogP contribution in [0.4, 0.5) is 5.69 Å². The van der Waals surface area contributed by atoms with Crippen molar-refractivity contribution in [3.8, 4) is 44.5 Å². The average Bonchev–Trinajstić information content (AvgIpc) is 4.18. The van der Waals surface area contributed by atoms with Crippen molar-refractivity contribution < 1.29 is 4.74 Å². The second kappa shape index (κ2) is 15.1. The van der Waals surface area contributed by atoms with Crippen LogP contribution >= 0.6 is 15.9 Å². The number of aromatic nitrogens is 4. The molecule has 0 saturated carbocycles. The molecule has 298 valence electrons. The first kappa shape index (κ1) is 36.8. The van der Waals surface area contributed by atoms with Gasteiger partial charge in [0.2, 0.25) is 0 Å². The summed E-state index contributed by atoms with van der Waals surface area (Å²) in [6, 6.07) is 58.0. The number of aromatic amines is 2. The molecule has 3 atom stereocenters. The van der Waals surface area contributed by atoms with E-state index >= 15 is 0 Å². The number of benzene rings is 5. The van der Waals surface area contributed by atoms with Crippen molar-refractivity contribution in [2.75, 3.05) is 11.5 Å². The predicted molar refractivity (Wildman–Crippen MR) is 258 cm³/mol. The van der Waals surface area contributed by atoms with Crippen LogP contribution in [0.1, 0.15) is 40.8 Å². The van der Waals surface area contributed by atoms with E-state index in [1.807, 2.05) is 0 Å². The molecule has 8 aromatic rings. The quantitative estimate of drug-likeness (QED) is 0.175. The molecule has 2 saturated heterocycles. The van der Waals surface area contributed by atoms with Gasteiger partial charge in [-0.05, 0) is 95.4 Å². The Hall–Kier alpha value is -7.06. The number of nitrogens with zero attached hydrogens (tertiary/aromatic N) is 3. The van der Waals surface area contributed by atoms with Gasteiger partial charge in [-0.3, -0.25) is 0 Å². The second-order valence-electron chi connectivity index (χ2n) is 16.2. The summed E-state index contributed by atoms with van der Waals surface area (Å²) >= 11 is 3.68. The highest BCUT2D eigenvalue weighted by atomic mass is 79.9. The zero-order valence-corrected chi connectivity index (χ0v) is 35.3. The van der Waals surface area contributed by atoms with Crippen molar-refractivity contribution in [2.24, 2.45) is 5.92 Å². The molecular weight excluding hydrogens is 827 g/mol. The van der Waals surface area contributed by atoms with Crippen LogP contribution in [0.5, 0.6) is 0 Å². The molecule has 3 aromatic heterocycles. The minimum absolute atomic E-state index is 0.00448. The Labute approximate surface area is 368 Å². The number of nitrogens with one attached hydrogen (secondary N) is 2. The van der Waals surface area contributed by atoms with E-state index < -0.39 is 0 Å². The first-order chi connectivity index (χ1) is 30.7. The number of hydrogen-bond donors (Lipinski definition) is 2. The number of hydrogen-bond acceptors (Lipinski definition) is 4. The topological polar surface area (TPSA) is 69.8 Å². The summed E-state index contributed by atoms with van der Waals surface area (Å²) < 4.78 is 7.54. The molecule has 7 heteroatoms. The average molecular weight is 867 g/mol. The van der Waals surface area contributed by atoms with E-state index in [2.05, 4.69) is 219 Å². The Kier molecular flexibility index (Phi) is 8.97. The third-order valence-corrected chi connectivity index (χ3v) is 13.2. The van der Waals surface area contributed by atoms with Gasteiger partial charge in [0.15, 0.2) is 0 Å². The maximum absolute atomic E-state index is 6.49. The summed E-state index contributed by atoms with van der Waals surface area (Å²) in [6.07, 6.45) is 9.69. The van der Waals surface area contributed by atoms with Crippen LogP contribution in [0.25, 0.3) is 90.9 Å². The number of halogens is 1. The summed E-state index contributed by atoms with van der Waals surface area (Å²) in [5.74, 6) is 0.307. The van der Waals surface area contributed by atoms with Crippen molar-refractivity contribution >= 4 is 68.0 Å². The minimum Gasteiger partial charge on any atom is -0.358 e. The number of anilines is 1. The van der Waals surface area contributed by atoms with Gasteiger partial charge in [-0.2, -0.15) is 0 Å². The van der Waals surface area contributed by atoms with E-state index in [1.165, 1.54) is 5.56 Å². The van der Waals surface area contributed by atoms with Gasteiger partial charge in [0, 0.05) is 67.1 Å². The molecule has 62 heavy (non-hydrogen) atoms. The number of rotatable bonds is 6. The number of H-pyrrole nitrogens is 2. The first-order valence-electron chi connectivity index (χ1n) is 21.2. The van der Waals surface area contributed by atoms with E-state index in [0.717, 1.165) is 113 Å². The van der Waals surface area contributed by atoms with Crippen LogP contribution in [0.3, 0.4) is 0 Å². The lowest BCUT2D eigenvalue weighted by molar-refractivity contribution is 0.0207. The molecule has 6 nitrogen and oxygen atoms in total. The maximum Gasteiger partial charge on any atom is 0.135 e.